The predicted octanol–water partition coefficient (Wildman–Crippen LogP) is 5.52. The lowest BCUT2D eigenvalue weighted by atomic mass is 10.1. The van der Waals surface area contributed by atoms with Crippen molar-refractivity contribution in [1.82, 2.24) is 9.88 Å². The summed E-state index contributed by atoms with van der Waals surface area (Å²) in [5, 5.41) is 3.19. The number of aromatic nitrogens is 1. The fraction of sp³-hybridized carbons (Fsp3) is 0.250. The van der Waals surface area contributed by atoms with Gasteiger partial charge in [0.05, 0.1) is 11.4 Å². The molecule has 1 heterocycles. The first-order chi connectivity index (χ1) is 15.4. The average Bonchev–Trinajstić information content (AvgIpc) is 2.76. The van der Waals surface area contributed by atoms with Crippen molar-refractivity contribution < 1.29 is 13.6 Å². The molecule has 8 heteroatoms. The van der Waals surface area contributed by atoms with E-state index in [-0.39, 0.29) is 11.5 Å². The Bertz CT molecular complexity index is 1080. The molecule has 0 aliphatic rings. The van der Waals surface area contributed by atoms with Crippen molar-refractivity contribution in [2.75, 3.05) is 30.9 Å². The van der Waals surface area contributed by atoms with Crippen LogP contribution in [0.3, 0.4) is 0 Å². The quantitative estimate of drug-likeness (QED) is 0.370. The maximum atomic E-state index is 14.5. The van der Waals surface area contributed by atoms with Gasteiger partial charge in [0.15, 0.2) is 5.82 Å². The van der Waals surface area contributed by atoms with Crippen LogP contribution < -0.4 is 10.2 Å². The van der Waals surface area contributed by atoms with Gasteiger partial charge in [0, 0.05) is 17.2 Å². The van der Waals surface area contributed by atoms with Crippen molar-refractivity contribution in [2.24, 2.45) is 0 Å². The zero-order valence-electron chi connectivity index (χ0n) is 18.0. The monoisotopic (exact) mass is 502 g/mol. The second kappa shape index (κ2) is 11.2. The van der Waals surface area contributed by atoms with E-state index in [4.69, 9.17) is 0 Å². The number of rotatable bonds is 10. The Morgan fingerprint density at radius 1 is 1.06 bits per heavy atom. The molecule has 32 heavy (non-hydrogen) atoms. The fourth-order valence-electron chi connectivity index (χ4n) is 3.35. The molecule has 0 unspecified atom stereocenters. The molecule has 5 nitrogen and oxygen atoms in total. The summed E-state index contributed by atoms with van der Waals surface area (Å²) in [7, 11) is 3.98. The molecule has 2 aromatic carbocycles. The van der Waals surface area contributed by atoms with Gasteiger partial charge in [-0.1, -0.05) is 28.1 Å². The molecule has 0 radical (unpaired) electrons. The summed E-state index contributed by atoms with van der Waals surface area (Å²) >= 11 is 3.22. The van der Waals surface area contributed by atoms with E-state index >= 15 is 0 Å². The third-order valence-corrected chi connectivity index (χ3v) is 5.44. The molecule has 0 saturated heterocycles. The number of benzene rings is 2. The van der Waals surface area contributed by atoms with Crippen LogP contribution in [0.25, 0.3) is 0 Å². The number of halogens is 3. The van der Waals surface area contributed by atoms with Crippen LogP contribution in [-0.2, 0) is 17.8 Å². The Hall–Kier alpha value is -2.84. The average molecular weight is 503 g/mol. The second-order valence-corrected chi connectivity index (χ2v) is 8.54. The molecule has 0 aliphatic heterocycles. The highest BCUT2D eigenvalue weighted by molar-refractivity contribution is 9.10. The predicted molar refractivity (Wildman–Crippen MR) is 127 cm³/mol. The normalized spacial score (nSPS) is 10.9. The highest BCUT2D eigenvalue weighted by Crippen LogP contribution is 2.32. The van der Waals surface area contributed by atoms with E-state index in [1.54, 1.807) is 30.5 Å². The molecule has 0 spiro atoms. The van der Waals surface area contributed by atoms with Crippen molar-refractivity contribution >= 4 is 39.5 Å². The maximum absolute atomic E-state index is 14.5. The van der Waals surface area contributed by atoms with Crippen LogP contribution in [0.2, 0.25) is 0 Å². The highest BCUT2D eigenvalue weighted by atomic mass is 79.9. The Labute approximate surface area is 195 Å². The second-order valence-electron chi connectivity index (χ2n) is 7.63. The van der Waals surface area contributed by atoms with E-state index in [1.807, 2.05) is 20.2 Å². The molecule has 0 aliphatic carbocycles. The number of amides is 1. The Morgan fingerprint density at radius 3 is 2.59 bits per heavy atom. The summed E-state index contributed by atoms with van der Waals surface area (Å²) in [6.07, 6.45) is 3.64. The number of carbonyl (C=O) groups is 1. The number of anilines is 3. The molecule has 0 saturated carbocycles. The van der Waals surface area contributed by atoms with Crippen molar-refractivity contribution in [3.63, 3.8) is 0 Å². The van der Waals surface area contributed by atoms with Crippen LogP contribution in [0.15, 0.2) is 59.2 Å². The van der Waals surface area contributed by atoms with Gasteiger partial charge < -0.3 is 10.2 Å². The van der Waals surface area contributed by atoms with Gasteiger partial charge in [0.1, 0.15) is 11.6 Å². The zero-order chi connectivity index (χ0) is 23.1. The SMILES string of the molecule is CN(C)CCCc1cc(CNc2ncccc2N(C=O)c2ccc(Br)cc2F)ccc1F. The van der Waals surface area contributed by atoms with E-state index in [0.29, 0.717) is 40.9 Å². The fourth-order valence-corrected chi connectivity index (χ4v) is 3.68. The number of carbonyl (C=O) groups excluding carboxylic acids is 1. The molecule has 3 rings (SSSR count). The third-order valence-electron chi connectivity index (χ3n) is 4.94. The smallest absolute Gasteiger partial charge is 0.218 e. The third kappa shape index (κ3) is 6.11. The number of nitrogens with one attached hydrogen (secondary N) is 1. The van der Waals surface area contributed by atoms with Crippen LogP contribution >= 0.6 is 15.9 Å². The molecular weight excluding hydrogens is 478 g/mol. The summed E-state index contributed by atoms with van der Waals surface area (Å²) in [6.45, 7) is 1.26. The summed E-state index contributed by atoms with van der Waals surface area (Å²) < 4.78 is 29.3. The molecule has 0 fully saturated rings. The molecular formula is C24H25BrF2N4O. The van der Waals surface area contributed by atoms with Crippen molar-refractivity contribution in [3.05, 3.63) is 82.0 Å². The maximum Gasteiger partial charge on any atom is 0.218 e. The largest absolute Gasteiger partial charge is 0.364 e. The van der Waals surface area contributed by atoms with Crippen molar-refractivity contribution in [1.29, 1.82) is 0 Å². The van der Waals surface area contributed by atoms with Crippen molar-refractivity contribution in [2.45, 2.75) is 19.4 Å². The molecule has 1 N–H and O–H groups in total. The first-order valence-corrected chi connectivity index (χ1v) is 11.0. The molecule has 0 atom stereocenters. The van der Waals surface area contributed by atoms with Crippen LogP contribution in [0, 0.1) is 11.6 Å². The minimum absolute atomic E-state index is 0.115. The summed E-state index contributed by atoms with van der Waals surface area (Å²) in [6, 6.07) is 12.9. The van der Waals surface area contributed by atoms with Crippen LogP contribution in [0.5, 0.6) is 0 Å². The Morgan fingerprint density at radius 2 is 1.88 bits per heavy atom. The van der Waals surface area contributed by atoms with Gasteiger partial charge in [-0.05, 0) is 81.0 Å². The van der Waals surface area contributed by atoms with Gasteiger partial charge in [-0.15, -0.1) is 0 Å². The first-order valence-electron chi connectivity index (χ1n) is 10.2. The number of nitrogens with zero attached hydrogens (tertiary/aromatic N) is 3. The first kappa shape index (κ1) is 23.8. The Balaban J connectivity index is 1.79. The van der Waals surface area contributed by atoms with Crippen LogP contribution in [-0.4, -0.2) is 36.9 Å². The van der Waals surface area contributed by atoms with Gasteiger partial charge in [0.2, 0.25) is 6.41 Å². The van der Waals surface area contributed by atoms with E-state index in [2.05, 4.69) is 31.1 Å². The number of hydrogen-bond acceptors (Lipinski definition) is 4. The molecule has 3 aromatic rings. The Kier molecular flexibility index (Phi) is 8.30. The molecule has 0 bridgehead atoms. The minimum atomic E-state index is -0.540. The topological polar surface area (TPSA) is 48.5 Å². The number of hydrogen-bond donors (Lipinski definition) is 1. The standard InChI is InChI=1S/C24H25BrF2N4O/c1-30(2)12-4-5-18-13-17(7-9-20(18)26)15-29-24-23(6-3-11-28-24)31(16-32)22-10-8-19(25)14-21(22)27/h3,6-11,13-14,16H,4-5,12,15H2,1-2H3,(H,28,29). The number of aryl methyl sites for hydroxylation is 1. The van der Waals surface area contributed by atoms with Gasteiger partial charge in [-0.2, -0.15) is 0 Å². The minimum Gasteiger partial charge on any atom is -0.364 e. The van der Waals surface area contributed by atoms with Gasteiger partial charge in [-0.25, -0.2) is 13.8 Å². The molecule has 1 aromatic heterocycles. The summed E-state index contributed by atoms with van der Waals surface area (Å²) in [5.41, 5.74) is 2.08. The van der Waals surface area contributed by atoms with E-state index in [9.17, 15) is 13.6 Å². The van der Waals surface area contributed by atoms with Gasteiger partial charge in [-0.3, -0.25) is 9.69 Å². The lowest BCUT2D eigenvalue weighted by Crippen LogP contribution is -2.18. The van der Waals surface area contributed by atoms with E-state index < -0.39 is 5.82 Å². The summed E-state index contributed by atoms with van der Waals surface area (Å²) in [4.78, 5) is 19.4. The molecule has 168 valence electrons. The highest BCUT2D eigenvalue weighted by Gasteiger charge is 2.17. The lowest BCUT2D eigenvalue weighted by molar-refractivity contribution is -0.106. The van der Waals surface area contributed by atoms with Gasteiger partial charge >= 0.3 is 0 Å². The number of pyridine rings is 1. The van der Waals surface area contributed by atoms with Gasteiger partial charge in [0.25, 0.3) is 0 Å². The van der Waals surface area contributed by atoms with Crippen molar-refractivity contribution in [3.8, 4) is 0 Å². The summed E-state index contributed by atoms with van der Waals surface area (Å²) in [5.74, 6) is -0.341. The van der Waals surface area contributed by atoms with Crippen LogP contribution in [0.4, 0.5) is 26.0 Å². The van der Waals surface area contributed by atoms with E-state index in [1.165, 1.54) is 23.1 Å². The molecule has 1 amide bonds. The lowest BCUT2D eigenvalue weighted by Gasteiger charge is -2.21. The zero-order valence-corrected chi connectivity index (χ0v) is 19.6. The van der Waals surface area contributed by atoms with Crippen LogP contribution in [0.1, 0.15) is 17.5 Å². The van der Waals surface area contributed by atoms with E-state index in [0.717, 1.165) is 18.5 Å².